The van der Waals surface area contributed by atoms with Crippen molar-refractivity contribution in [2.24, 2.45) is 0 Å². The molecule has 2 aromatic carbocycles. The summed E-state index contributed by atoms with van der Waals surface area (Å²) in [7, 11) is 0. The number of hydrogen-bond donors (Lipinski definition) is 0. The third-order valence-electron chi connectivity index (χ3n) is 8.07. The second kappa shape index (κ2) is 19.6. The van der Waals surface area contributed by atoms with Gasteiger partial charge in [0.15, 0.2) is 0 Å². The average Bonchev–Trinajstić information content (AvgIpc) is 3.05. The number of piperazine rings is 2. The SMILES string of the molecule is Cl.Cl.O=C(/C=C/C=C/c1ccc(C(F)(F)F)cc1)N1CCN(CCCN2CCN(C(=O)/C=C/C=C/c3ccc(C(F)(F)F)cc3)CC2)CC1. The molecule has 0 radical (unpaired) electrons. The molecule has 2 heterocycles. The van der Waals surface area contributed by atoms with Crippen molar-refractivity contribution in [2.75, 3.05) is 65.4 Å². The van der Waals surface area contributed by atoms with Gasteiger partial charge in [0.05, 0.1) is 11.1 Å². The van der Waals surface area contributed by atoms with Gasteiger partial charge in [0.25, 0.3) is 0 Å². The van der Waals surface area contributed by atoms with E-state index in [1.54, 1.807) is 46.3 Å². The highest BCUT2D eigenvalue weighted by Crippen LogP contribution is 2.30. The molecule has 0 saturated carbocycles. The predicted molar refractivity (Wildman–Crippen MR) is 184 cm³/mol. The zero-order chi connectivity index (χ0) is 33.9. The van der Waals surface area contributed by atoms with Crippen LogP contribution >= 0.6 is 24.8 Å². The Hall–Kier alpha value is -3.58. The molecule has 49 heavy (non-hydrogen) atoms. The molecule has 14 heteroatoms. The fourth-order valence-corrected chi connectivity index (χ4v) is 5.29. The summed E-state index contributed by atoms with van der Waals surface area (Å²) in [6, 6.07) is 9.64. The van der Waals surface area contributed by atoms with Crippen LogP contribution in [-0.4, -0.2) is 96.9 Å². The van der Waals surface area contributed by atoms with Crippen molar-refractivity contribution in [3.63, 3.8) is 0 Å². The topological polar surface area (TPSA) is 47.1 Å². The molecule has 0 unspecified atom stereocenters. The third kappa shape index (κ3) is 13.7. The van der Waals surface area contributed by atoms with E-state index in [4.69, 9.17) is 0 Å². The van der Waals surface area contributed by atoms with Gasteiger partial charge in [-0.1, -0.05) is 60.7 Å². The van der Waals surface area contributed by atoms with Crippen LogP contribution in [0.15, 0.2) is 85.0 Å². The largest absolute Gasteiger partial charge is 0.416 e. The van der Waals surface area contributed by atoms with Gasteiger partial charge in [-0.2, -0.15) is 26.3 Å². The minimum absolute atomic E-state index is 0. The molecule has 4 rings (SSSR count). The lowest BCUT2D eigenvalue weighted by Crippen LogP contribution is -2.50. The van der Waals surface area contributed by atoms with Gasteiger partial charge in [0, 0.05) is 64.5 Å². The van der Waals surface area contributed by atoms with Crippen molar-refractivity contribution >= 4 is 48.8 Å². The van der Waals surface area contributed by atoms with Gasteiger partial charge in [-0.3, -0.25) is 19.4 Å². The lowest BCUT2D eigenvalue weighted by molar-refractivity contribution is -0.138. The second-order valence-corrected chi connectivity index (χ2v) is 11.4. The fraction of sp³-hybridized carbons (Fsp3) is 0.371. The van der Waals surface area contributed by atoms with Crippen LogP contribution in [0.25, 0.3) is 12.2 Å². The Morgan fingerprint density at radius 2 is 0.857 bits per heavy atom. The van der Waals surface area contributed by atoms with Gasteiger partial charge in [0.2, 0.25) is 11.8 Å². The quantitative estimate of drug-likeness (QED) is 0.149. The molecule has 0 N–H and O–H groups in total. The summed E-state index contributed by atoms with van der Waals surface area (Å²) in [4.78, 5) is 33.3. The number of halogens is 8. The van der Waals surface area contributed by atoms with Gasteiger partial charge >= 0.3 is 12.4 Å². The molecule has 2 aliphatic heterocycles. The number of hydrogen-bond acceptors (Lipinski definition) is 4. The lowest BCUT2D eigenvalue weighted by Gasteiger charge is -2.36. The van der Waals surface area contributed by atoms with Gasteiger partial charge in [-0.05, 0) is 54.9 Å². The molecule has 2 fully saturated rings. The summed E-state index contributed by atoms with van der Waals surface area (Å²) >= 11 is 0. The summed E-state index contributed by atoms with van der Waals surface area (Å²) in [5.41, 5.74) is -0.183. The minimum Gasteiger partial charge on any atom is -0.337 e. The van der Waals surface area contributed by atoms with Crippen molar-refractivity contribution in [3.05, 3.63) is 107 Å². The second-order valence-electron chi connectivity index (χ2n) is 11.4. The van der Waals surface area contributed by atoms with Crippen molar-refractivity contribution in [3.8, 4) is 0 Å². The van der Waals surface area contributed by atoms with Crippen LogP contribution in [-0.2, 0) is 21.9 Å². The van der Waals surface area contributed by atoms with Crippen LogP contribution < -0.4 is 0 Å². The third-order valence-corrected chi connectivity index (χ3v) is 8.07. The number of amides is 2. The van der Waals surface area contributed by atoms with Gasteiger partial charge < -0.3 is 9.80 Å². The maximum absolute atomic E-state index is 12.7. The predicted octanol–water partition coefficient (Wildman–Crippen LogP) is 7.09. The van der Waals surface area contributed by atoms with Gasteiger partial charge in [0.1, 0.15) is 0 Å². The van der Waals surface area contributed by atoms with Crippen molar-refractivity contribution in [1.82, 2.24) is 19.6 Å². The normalized spacial score (nSPS) is 16.9. The van der Waals surface area contributed by atoms with E-state index in [2.05, 4.69) is 9.80 Å². The van der Waals surface area contributed by atoms with Crippen LogP contribution in [0.2, 0.25) is 0 Å². The first-order valence-corrected chi connectivity index (χ1v) is 15.4. The smallest absolute Gasteiger partial charge is 0.337 e. The van der Waals surface area contributed by atoms with Gasteiger partial charge in [-0.25, -0.2) is 0 Å². The summed E-state index contributed by atoms with van der Waals surface area (Å²) in [6.45, 7) is 7.46. The number of carbonyl (C=O) groups is 2. The van der Waals surface area contributed by atoms with Crippen molar-refractivity contribution in [1.29, 1.82) is 0 Å². The summed E-state index contributed by atoms with van der Waals surface area (Å²) in [5, 5.41) is 0. The first-order chi connectivity index (χ1) is 22.4. The molecule has 2 aliphatic rings. The number of allylic oxidation sites excluding steroid dienone is 4. The number of alkyl halides is 6. The number of rotatable bonds is 10. The Kier molecular flexibility index (Phi) is 16.6. The maximum Gasteiger partial charge on any atom is 0.416 e. The standard InChI is InChI=1S/C35H38F6N4O2.2ClH/c36-34(37,38)30-14-10-28(11-15-30)6-1-3-8-32(46)44-24-20-42(21-25-44)18-5-19-43-22-26-45(27-23-43)33(47)9-4-2-7-29-12-16-31(17-13-29)35(39,40)41;;/h1-4,6-17H,5,18-27H2;2*1H/b6-1+,7-2+,8-3+,9-4+;;. The Morgan fingerprint density at radius 1 is 0.531 bits per heavy atom. The highest BCUT2D eigenvalue weighted by Gasteiger charge is 2.30. The van der Waals surface area contributed by atoms with E-state index in [-0.39, 0.29) is 36.6 Å². The van der Waals surface area contributed by atoms with E-state index >= 15 is 0 Å². The lowest BCUT2D eigenvalue weighted by atomic mass is 10.1. The molecule has 6 nitrogen and oxygen atoms in total. The average molecular weight is 734 g/mol. The van der Waals surface area contributed by atoms with Crippen molar-refractivity contribution < 1.29 is 35.9 Å². The Labute approximate surface area is 295 Å². The fourth-order valence-electron chi connectivity index (χ4n) is 5.29. The van der Waals surface area contributed by atoms with Gasteiger partial charge in [-0.15, -0.1) is 24.8 Å². The first-order valence-electron chi connectivity index (χ1n) is 15.4. The van der Waals surface area contributed by atoms with E-state index in [9.17, 15) is 35.9 Å². The van der Waals surface area contributed by atoms with Crippen LogP contribution in [0.3, 0.4) is 0 Å². The van der Waals surface area contributed by atoms with E-state index in [1.165, 1.54) is 36.4 Å². The molecule has 0 bridgehead atoms. The molecule has 0 aliphatic carbocycles. The molecule has 0 aromatic heterocycles. The van der Waals surface area contributed by atoms with E-state index < -0.39 is 23.5 Å². The Morgan fingerprint density at radius 3 is 1.16 bits per heavy atom. The van der Waals surface area contributed by atoms with Crippen LogP contribution in [0, 0.1) is 0 Å². The summed E-state index contributed by atoms with van der Waals surface area (Å²) in [6.07, 6.45) is 4.93. The minimum atomic E-state index is -4.37. The molecule has 0 atom stereocenters. The van der Waals surface area contributed by atoms with Crippen LogP contribution in [0.4, 0.5) is 26.3 Å². The Bertz CT molecular complexity index is 1330. The van der Waals surface area contributed by atoms with E-state index in [1.807, 2.05) is 0 Å². The molecule has 2 saturated heterocycles. The van der Waals surface area contributed by atoms with Crippen LogP contribution in [0.1, 0.15) is 28.7 Å². The number of benzene rings is 2. The number of carbonyl (C=O) groups excluding carboxylic acids is 2. The zero-order valence-corrected chi connectivity index (χ0v) is 28.3. The molecule has 2 amide bonds. The molecular formula is C35H40Cl2F6N4O2. The molecular weight excluding hydrogens is 693 g/mol. The summed E-state index contributed by atoms with van der Waals surface area (Å²) < 4.78 is 76.1. The first kappa shape index (κ1) is 41.6. The highest BCUT2D eigenvalue weighted by atomic mass is 35.5. The molecule has 0 spiro atoms. The molecule has 2 aromatic rings. The van der Waals surface area contributed by atoms with E-state index in [0.29, 0.717) is 37.3 Å². The number of nitrogens with zero attached hydrogens (tertiary/aromatic N) is 4. The monoisotopic (exact) mass is 732 g/mol. The maximum atomic E-state index is 12.7. The summed E-state index contributed by atoms with van der Waals surface area (Å²) in [5.74, 6) is -0.196. The Balaban J connectivity index is 0.00000417. The van der Waals surface area contributed by atoms with Crippen LogP contribution in [0.5, 0.6) is 0 Å². The zero-order valence-electron chi connectivity index (χ0n) is 26.7. The van der Waals surface area contributed by atoms with E-state index in [0.717, 1.165) is 70.0 Å². The molecule has 268 valence electrons. The van der Waals surface area contributed by atoms with Crippen molar-refractivity contribution in [2.45, 2.75) is 18.8 Å². The highest BCUT2D eigenvalue weighted by molar-refractivity contribution is 5.88.